The van der Waals surface area contributed by atoms with Gasteiger partial charge in [-0.2, -0.15) is 0 Å². The molecule has 0 saturated carbocycles. The summed E-state index contributed by atoms with van der Waals surface area (Å²) in [6, 6.07) is 8.59. The lowest BCUT2D eigenvalue weighted by Crippen LogP contribution is -2.02. The first-order chi connectivity index (χ1) is 9.52. The van der Waals surface area contributed by atoms with Gasteiger partial charge in [-0.3, -0.25) is 0 Å². The normalized spacial score (nSPS) is 10.3. The number of phenolic OH excluding ortho intramolecular Hbond substituents is 3. The molecular formula is C15H17NO4. The minimum atomic E-state index is -0.514. The van der Waals surface area contributed by atoms with Crippen LogP contribution in [0.15, 0.2) is 30.3 Å². The first-order valence-corrected chi connectivity index (χ1v) is 6.14. The average Bonchev–Trinajstić information content (AvgIpc) is 2.45. The number of nitrogens with one attached hydrogen (secondary N) is 1. The highest BCUT2D eigenvalue weighted by Crippen LogP contribution is 2.37. The summed E-state index contributed by atoms with van der Waals surface area (Å²) in [6.45, 7) is 2.26. The fraction of sp³-hybridized carbons (Fsp3) is 0.200. The predicted molar refractivity (Wildman–Crippen MR) is 76.5 cm³/mol. The summed E-state index contributed by atoms with van der Waals surface area (Å²) in [5.41, 5.74) is 2.34. The van der Waals surface area contributed by atoms with Crippen LogP contribution in [0, 0.1) is 6.92 Å². The molecule has 5 heteroatoms. The van der Waals surface area contributed by atoms with E-state index in [-0.39, 0.29) is 11.5 Å². The third kappa shape index (κ3) is 2.71. The first-order valence-electron chi connectivity index (χ1n) is 6.14. The van der Waals surface area contributed by atoms with Gasteiger partial charge in [-0.05, 0) is 36.8 Å². The van der Waals surface area contributed by atoms with Gasteiger partial charge in [-0.25, -0.2) is 0 Å². The maximum absolute atomic E-state index is 9.75. The molecule has 0 heterocycles. The van der Waals surface area contributed by atoms with E-state index in [1.54, 1.807) is 7.11 Å². The lowest BCUT2D eigenvalue weighted by atomic mass is 10.1. The van der Waals surface area contributed by atoms with Crippen molar-refractivity contribution in [1.29, 1.82) is 0 Å². The molecule has 0 fully saturated rings. The van der Waals surface area contributed by atoms with Crippen molar-refractivity contribution in [3.05, 3.63) is 41.5 Å². The van der Waals surface area contributed by atoms with E-state index in [0.717, 1.165) is 11.3 Å². The summed E-state index contributed by atoms with van der Waals surface area (Å²) in [7, 11) is 1.59. The molecule has 0 bridgehead atoms. The van der Waals surface area contributed by atoms with Gasteiger partial charge in [0.25, 0.3) is 0 Å². The number of hydrogen-bond acceptors (Lipinski definition) is 5. The molecule has 0 saturated heterocycles. The molecule has 0 radical (unpaired) electrons. The van der Waals surface area contributed by atoms with Crippen LogP contribution in [0.5, 0.6) is 23.0 Å². The van der Waals surface area contributed by atoms with Crippen LogP contribution in [0.4, 0.5) is 5.69 Å². The second-order valence-electron chi connectivity index (χ2n) is 4.50. The van der Waals surface area contributed by atoms with E-state index >= 15 is 0 Å². The van der Waals surface area contributed by atoms with Crippen LogP contribution in [0.25, 0.3) is 0 Å². The van der Waals surface area contributed by atoms with Gasteiger partial charge in [0.2, 0.25) is 5.75 Å². The zero-order valence-electron chi connectivity index (χ0n) is 11.3. The Kier molecular flexibility index (Phi) is 3.89. The Morgan fingerprint density at radius 1 is 1.05 bits per heavy atom. The summed E-state index contributed by atoms with van der Waals surface area (Å²) < 4.78 is 5.27. The second-order valence-corrected chi connectivity index (χ2v) is 4.50. The highest BCUT2D eigenvalue weighted by molar-refractivity contribution is 5.59. The molecule has 0 aromatic heterocycles. The van der Waals surface area contributed by atoms with Crippen molar-refractivity contribution >= 4 is 5.69 Å². The number of aromatic hydroxyl groups is 3. The summed E-state index contributed by atoms with van der Waals surface area (Å²) >= 11 is 0. The lowest BCUT2D eigenvalue weighted by Gasteiger charge is -2.13. The molecule has 20 heavy (non-hydrogen) atoms. The number of rotatable bonds is 4. The fourth-order valence-corrected chi connectivity index (χ4v) is 1.89. The van der Waals surface area contributed by atoms with Gasteiger partial charge < -0.3 is 25.4 Å². The minimum absolute atomic E-state index is 0.291. The Hall–Kier alpha value is -2.56. The topological polar surface area (TPSA) is 82.0 Å². The number of benzene rings is 2. The van der Waals surface area contributed by atoms with E-state index in [2.05, 4.69) is 5.32 Å². The smallest absolute Gasteiger partial charge is 0.200 e. The number of methoxy groups -OCH3 is 1. The second kappa shape index (κ2) is 5.61. The van der Waals surface area contributed by atoms with Gasteiger partial charge in [0.15, 0.2) is 11.5 Å². The average molecular weight is 275 g/mol. The standard InChI is InChI=1S/C15H17NO4/c1-9-3-5-11(13(7-9)20-2)16-8-10-4-6-12(17)15(19)14(10)18/h3-7,16-19H,8H2,1-2H3. The highest BCUT2D eigenvalue weighted by Gasteiger charge is 2.11. The van der Waals surface area contributed by atoms with Crippen molar-refractivity contribution in [3.63, 3.8) is 0 Å². The number of aryl methyl sites for hydroxylation is 1. The molecule has 0 unspecified atom stereocenters. The molecule has 4 N–H and O–H groups in total. The summed E-state index contributed by atoms with van der Waals surface area (Å²) in [6.07, 6.45) is 0. The van der Waals surface area contributed by atoms with Crippen LogP contribution in [-0.2, 0) is 6.54 Å². The van der Waals surface area contributed by atoms with Gasteiger partial charge >= 0.3 is 0 Å². The van der Waals surface area contributed by atoms with Crippen molar-refractivity contribution in [2.45, 2.75) is 13.5 Å². The molecule has 0 aliphatic heterocycles. The van der Waals surface area contributed by atoms with E-state index in [0.29, 0.717) is 17.9 Å². The van der Waals surface area contributed by atoms with E-state index in [1.807, 2.05) is 25.1 Å². The number of anilines is 1. The Balaban J connectivity index is 2.19. The van der Waals surface area contributed by atoms with Crippen LogP contribution in [-0.4, -0.2) is 22.4 Å². The number of hydrogen-bond donors (Lipinski definition) is 4. The highest BCUT2D eigenvalue weighted by atomic mass is 16.5. The van der Waals surface area contributed by atoms with Crippen molar-refractivity contribution in [2.75, 3.05) is 12.4 Å². The molecule has 2 aromatic rings. The minimum Gasteiger partial charge on any atom is -0.504 e. The Labute approximate surface area is 117 Å². The van der Waals surface area contributed by atoms with Gasteiger partial charge in [-0.15, -0.1) is 0 Å². The maximum atomic E-state index is 9.75. The molecule has 106 valence electrons. The van der Waals surface area contributed by atoms with Crippen molar-refractivity contribution in [3.8, 4) is 23.0 Å². The van der Waals surface area contributed by atoms with Gasteiger partial charge in [0.1, 0.15) is 5.75 Å². The molecule has 0 amide bonds. The number of ether oxygens (including phenoxy) is 1. The Morgan fingerprint density at radius 3 is 2.50 bits per heavy atom. The van der Waals surface area contributed by atoms with Crippen molar-refractivity contribution in [2.24, 2.45) is 0 Å². The predicted octanol–water partition coefficient (Wildman–Crippen LogP) is 2.73. The van der Waals surface area contributed by atoms with Crippen LogP contribution in [0.3, 0.4) is 0 Å². The van der Waals surface area contributed by atoms with Crippen LogP contribution in [0.2, 0.25) is 0 Å². The van der Waals surface area contributed by atoms with E-state index in [4.69, 9.17) is 4.74 Å². The van der Waals surface area contributed by atoms with Crippen LogP contribution in [0.1, 0.15) is 11.1 Å². The number of phenols is 3. The molecule has 0 spiro atoms. The lowest BCUT2D eigenvalue weighted by molar-refractivity contribution is 0.365. The summed E-state index contributed by atoms with van der Waals surface area (Å²) in [4.78, 5) is 0. The van der Waals surface area contributed by atoms with Crippen molar-refractivity contribution in [1.82, 2.24) is 0 Å². The molecule has 0 aliphatic carbocycles. The molecule has 5 nitrogen and oxygen atoms in total. The Morgan fingerprint density at radius 2 is 1.80 bits per heavy atom. The SMILES string of the molecule is COc1cc(C)ccc1NCc1ccc(O)c(O)c1O. The van der Waals surface area contributed by atoms with Gasteiger partial charge in [0.05, 0.1) is 12.8 Å². The van der Waals surface area contributed by atoms with Gasteiger partial charge in [-0.1, -0.05) is 6.07 Å². The first kappa shape index (κ1) is 13.9. The molecule has 0 atom stereocenters. The Bertz CT molecular complexity index is 626. The monoisotopic (exact) mass is 275 g/mol. The third-order valence-electron chi connectivity index (χ3n) is 3.04. The van der Waals surface area contributed by atoms with Crippen LogP contribution >= 0.6 is 0 Å². The molecule has 2 aromatic carbocycles. The molecule has 2 rings (SSSR count). The van der Waals surface area contributed by atoms with E-state index in [9.17, 15) is 15.3 Å². The quantitative estimate of drug-likeness (QED) is 0.645. The van der Waals surface area contributed by atoms with E-state index in [1.165, 1.54) is 12.1 Å². The van der Waals surface area contributed by atoms with Crippen LogP contribution < -0.4 is 10.1 Å². The van der Waals surface area contributed by atoms with Crippen molar-refractivity contribution < 1.29 is 20.1 Å². The van der Waals surface area contributed by atoms with Gasteiger partial charge in [0, 0.05) is 12.1 Å². The van der Waals surface area contributed by atoms with E-state index < -0.39 is 5.75 Å². The summed E-state index contributed by atoms with van der Waals surface area (Å²) in [5.74, 6) is -0.490. The largest absolute Gasteiger partial charge is 0.504 e. The molecular weight excluding hydrogens is 258 g/mol. The zero-order chi connectivity index (χ0) is 14.7. The maximum Gasteiger partial charge on any atom is 0.200 e. The third-order valence-corrected chi connectivity index (χ3v) is 3.04. The molecule has 0 aliphatic rings. The zero-order valence-corrected chi connectivity index (χ0v) is 11.3. The fourth-order valence-electron chi connectivity index (χ4n) is 1.89. The summed E-state index contributed by atoms with van der Waals surface area (Å²) in [5, 5.41) is 31.6.